The number of rotatable bonds is 5. The van der Waals surface area contributed by atoms with E-state index in [1.165, 1.54) is 12.1 Å². The molecule has 0 saturated carbocycles. The normalized spacial score (nSPS) is 11.4. The number of hydrogen-bond acceptors (Lipinski definition) is 1. The molecule has 2 nitrogen and oxygen atoms in total. The zero-order valence-corrected chi connectivity index (χ0v) is 13.7. The molecule has 0 radical (unpaired) electrons. The van der Waals surface area contributed by atoms with Gasteiger partial charge in [-0.2, -0.15) is 0 Å². The van der Waals surface area contributed by atoms with E-state index in [-0.39, 0.29) is 22.9 Å². The maximum atomic E-state index is 13.5. The summed E-state index contributed by atoms with van der Waals surface area (Å²) in [4.78, 5) is 11.9. The molecule has 0 aromatic heterocycles. The lowest BCUT2D eigenvalue weighted by Gasteiger charge is -2.26. The van der Waals surface area contributed by atoms with Crippen molar-refractivity contribution in [3.05, 3.63) is 34.6 Å². The summed E-state index contributed by atoms with van der Waals surface area (Å²) in [6.45, 7) is 1.89. The zero-order chi connectivity index (χ0) is 13.8. The Balaban J connectivity index is 2.77. The Morgan fingerprint density at radius 3 is 2.56 bits per heavy atom. The van der Waals surface area contributed by atoms with E-state index < -0.39 is 11.4 Å². The van der Waals surface area contributed by atoms with Gasteiger partial charge < -0.3 is 5.32 Å². The third-order valence-electron chi connectivity index (χ3n) is 2.43. The van der Waals surface area contributed by atoms with Crippen molar-refractivity contribution in [2.24, 2.45) is 0 Å². The van der Waals surface area contributed by atoms with E-state index in [4.69, 9.17) is 11.6 Å². The van der Waals surface area contributed by atoms with Crippen molar-refractivity contribution in [3.8, 4) is 0 Å². The molecule has 0 bridgehead atoms. The average molecular weight is 402 g/mol. The fourth-order valence-corrected chi connectivity index (χ4v) is 2.78. The van der Waals surface area contributed by atoms with Crippen LogP contribution in [0.5, 0.6) is 0 Å². The van der Waals surface area contributed by atoms with Crippen molar-refractivity contribution < 1.29 is 9.18 Å². The molecule has 1 amide bonds. The maximum Gasteiger partial charge on any atom is 0.225 e. The number of hydrogen-bond donors (Lipinski definition) is 1. The van der Waals surface area contributed by atoms with Gasteiger partial charge in [0.1, 0.15) is 5.82 Å². The van der Waals surface area contributed by atoms with Gasteiger partial charge in [0.25, 0.3) is 0 Å². The molecule has 0 saturated heterocycles. The summed E-state index contributed by atoms with van der Waals surface area (Å²) in [7, 11) is 0. The molecule has 18 heavy (non-hydrogen) atoms. The molecular formula is C12H13Br2ClFNO. The Hall–Kier alpha value is -0.130. The minimum absolute atomic E-state index is 0.0684. The maximum absolute atomic E-state index is 13.5. The minimum Gasteiger partial charge on any atom is -0.349 e. The molecule has 1 N–H and O–H groups in total. The van der Waals surface area contributed by atoms with Crippen LogP contribution in [0, 0.1) is 5.82 Å². The topological polar surface area (TPSA) is 29.1 Å². The Bertz CT molecular complexity index is 418. The van der Waals surface area contributed by atoms with Crippen LogP contribution in [0.3, 0.4) is 0 Å². The van der Waals surface area contributed by atoms with Crippen molar-refractivity contribution in [1.29, 1.82) is 0 Å². The van der Waals surface area contributed by atoms with E-state index in [2.05, 4.69) is 37.2 Å². The third kappa shape index (κ3) is 4.21. The Kier molecular flexibility index (Phi) is 6.08. The predicted octanol–water partition coefficient (Wildman–Crippen LogP) is 3.69. The first-order chi connectivity index (χ1) is 8.41. The summed E-state index contributed by atoms with van der Waals surface area (Å²) in [5.41, 5.74) is -0.183. The molecule has 100 valence electrons. The van der Waals surface area contributed by atoms with E-state index in [1.54, 1.807) is 6.07 Å². The molecule has 6 heteroatoms. The van der Waals surface area contributed by atoms with Gasteiger partial charge in [-0.25, -0.2) is 4.39 Å². The minimum atomic E-state index is -0.461. The highest BCUT2D eigenvalue weighted by molar-refractivity contribution is 9.09. The molecule has 0 unspecified atom stereocenters. The molecular weight excluding hydrogens is 388 g/mol. The standard InChI is InChI=1S/C12H13Br2ClFNO/c1-12(6-13,7-14)17-11(18)5-8-9(15)3-2-4-10(8)16/h2-4H,5-7H2,1H3,(H,17,18). The predicted molar refractivity (Wildman–Crippen MR) is 79.2 cm³/mol. The SMILES string of the molecule is CC(CBr)(CBr)NC(=O)Cc1c(F)cccc1Cl. The number of nitrogens with one attached hydrogen (secondary N) is 1. The molecule has 1 aromatic rings. The average Bonchev–Trinajstić information content (AvgIpc) is 2.34. The molecule has 0 atom stereocenters. The van der Waals surface area contributed by atoms with Gasteiger partial charge >= 0.3 is 0 Å². The van der Waals surface area contributed by atoms with Crippen LogP contribution in [0.25, 0.3) is 0 Å². The summed E-state index contributed by atoms with van der Waals surface area (Å²) in [5.74, 6) is -0.722. The van der Waals surface area contributed by atoms with E-state index in [9.17, 15) is 9.18 Å². The second kappa shape index (κ2) is 6.87. The largest absolute Gasteiger partial charge is 0.349 e. The van der Waals surface area contributed by atoms with E-state index in [1.807, 2.05) is 6.92 Å². The molecule has 0 aliphatic heterocycles. The van der Waals surface area contributed by atoms with Gasteiger partial charge in [0, 0.05) is 21.2 Å². The fraction of sp³-hybridized carbons (Fsp3) is 0.417. The van der Waals surface area contributed by atoms with Crippen LogP contribution in [0.15, 0.2) is 18.2 Å². The van der Waals surface area contributed by atoms with E-state index >= 15 is 0 Å². The first kappa shape index (κ1) is 15.9. The molecule has 0 spiro atoms. The summed E-state index contributed by atoms with van der Waals surface area (Å²) < 4.78 is 13.5. The van der Waals surface area contributed by atoms with Gasteiger partial charge in [-0.15, -0.1) is 0 Å². The highest BCUT2D eigenvalue weighted by atomic mass is 79.9. The summed E-state index contributed by atoms with van der Waals surface area (Å²) in [5, 5.41) is 4.30. The number of alkyl halides is 2. The molecule has 1 rings (SSSR count). The molecule has 0 aliphatic rings. The molecule has 0 aliphatic carbocycles. The fourth-order valence-electron chi connectivity index (χ4n) is 1.35. The highest BCUT2D eigenvalue weighted by Gasteiger charge is 2.24. The van der Waals surface area contributed by atoms with E-state index in [0.717, 1.165) is 0 Å². The summed E-state index contributed by atoms with van der Waals surface area (Å²) in [6, 6.07) is 4.38. The van der Waals surface area contributed by atoms with Gasteiger partial charge in [0.05, 0.1) is 12.0 Å². The van der Waals surface area contributed by atoms with Crippen LogP contribution < -0.4 is 5.32 Å². The van der Waals surface area contributed by atoms with Gasteiger partial charge in [0.2, 0.25) is 5.91 Å². The lowest BCUT2D eigenvalue weighted by Crippen LogP contribution is -2.49. The first-order valence-electron chi connectivity index (χ1n) is 5.27. The number of halogens is 4. The molecule has 0 fully saturated rings. The Labute approximate surface area is 128 Å². The van der Waals surface area contributed by atoms with Crippen molar-refractivity contribution in [3.63, 3.8) is 0 Å². The van der Waals surface area contributed by atoms with Crippen LogP contribution in [-0.4, -0.2) is 22.1 Å². The lowest BCUT2D eigenvalue weighted by molar-refractivity contribution is -0.121. The van der Waals surface area contributed by atoms with Gasteiger partial charge in [-0.05, 0) is 19.1 Å². The lowest BCUT2D eigenvalue weighted by atomic mass is 10.1. The van der Waals surface area contributed by atoms with Gasteiger partial charge in [-0.3, -0.25) is 4.79 Å². The molecule has 0 heterocycles. The van der Waals surface area contributed by atoms with Crippen LogP contribution in [0.2, 0.25) is 5.02 Å². The van der Waals surface area contributed by atoms with Gasteiger partial charge in [0.15, 0.2) is 0 Å². The van der Waals surface area contributed by atoms with Crippen LogP contribution in [-0.2, 0) is 11.2 Å². The molecule has 1 aromatic carbocycles. The first-order valence-corrected chi connectivity index (χ1v) is 7.90. The van der Waals surface area contributed by atoms with Crippen molar-refractivity contribution in [1.82, 2.24) is 5.32 Å². The summed E-state index contributed by atoms with van der Waals surface area (Å²) in [6.07, 6.45) is -0.0684. The quantitative estimate of drug-likeness (QED) is 0.750. The zero-order valence-electron chi connectivity index (χ0n) is 9.77. The Morgan fingerprint density at radius 2 is 2.06 bits per heavy atom. The number of amides is 1. The number of benzene rings is 1. The highest BCUT2D eigenvalue weighted by Crippen LogP contribution is 2.20. The second-order valence-corrected chi connectivity index (χ2v) is 5.78. The van der Waals surface area contributed by atoms with E-state index in [0.29, 0.717) is 10.7 Å². The Morgan fingerprint density at radius 1 is 1.44 bits per heavy atom. The van der Waals surface area contributed by atoms with Crippen molar-refractivity contribution >= 4 is 49.4 Å². The number of carbonyl (C=O) groups excluding carboxylic acids is 1. The monoisotopic (exact) mass is 399 g/mol. The second-order valence-electron chi connectivity index (χ2n) is 4.25. The number of carbonyl (C=O) groups is 1. The van der Waals surface area contributed by atoms with Gasteiger partial charge in [-0.1, -0.05) is 49.5 Å². The summed E-state index contributed by atoms with van der Waals surface area (Å²) >= 11 is 12.5. The van der Waals surface area contributed by atoms with Crippen LogP contribution in [0.1, 0.15) is 12.5 Å². The smallest absolute Gasteiger partial charge is 0.225 e. The van der Waals surface area contributed by atoms with Crippen molar-refractivity contribution in [2.45, 2.75) is 18.9 Å². The van der Waals surface area contributed by atoms with Crippen LogP contribution >= 0.6 is 43.5 Å². The van der Waals surface area contributed by atoms with Crippen LogP contribution in [0.4, 0.5) is 4.39 Å². The van der Waals surface area contributed by atoms with Crippen molar-refractivity contribution in [2.75, 3.05) is 10.7 Å². The third-order valence-corrected chi connectivity index (χ3v) is 5.26.